The Morgan fingerprint density at radius 2 is 1.78 bits per heavy atom. The van der Waals surface area contributed by atoms with E-state index in [4.69, 9.17) is 4.74 Å². The van der Waals surface area contributed by atoms with Gasteiger partial charge in [-0.25, -0.2) is 9.59 Å². The van der Waals surface area contributed by atoms with Crippen LogP contribution in [0.25, 0.3) is 0 Å². The van der Waals surface area contributed by atoms with E-state index < -0.39 is 11.9 Å². The molecule has 0 saturated heterocycles. The number of allylic oxidation sites excluding steroid dienone is 2. The minimum atomic E-state index is -0.910. The zero-order valence-electron chi connectivity index (χ0n) is 11.8. The quantitative estimate of drug-likeness (QED) is 0.399. The lowest BCUT2D eigenvalue weighted by atomic mass is 9.99. The van der Waals surface area contributed by atoms with Crippen molar-refractivity contribution < 1.29 is 19.1 Å². The van der Waals surface area contributed by atoms with Crippen molar-refractivity contribution in [2.24, 2.45) is 5.92 Å². The SMILES string of the molecule is CCC=C(C)CC(C)CCOC(=O)C(=O)OCC. The molecule has 0 N–H and O–H groups in total. The maximum atomic E-state index is 11.1. The predicted molar refractivity (Wildman–Crippen MR) is 70.0 cm³/mol. The minimum absolute atomic E-state index is 0.186. The highest BCUT2D eigenvalue weighted by atomic mass is 16.6. The van der Waals surface area contributed by atoms with E-state index in [1.807, 2.05) is 0 Å². The molecule has 0 aliphatic carbocycles. The summed E-state index contributed by atoms with van der Waals surface area (Å²) in [4.78, 5) is 22.1. The fourth-order valence-corrected chi connectivity index (χ4v) is 1.69. The first-order valence-electron chi connectivity index (χ1n) is 6.50. The number of ether oxygens (including phenoxy) is 2. The van der Waals surface area contributed by atoms with Crippen molar-refractivity contribution in [2.75, 3.05) is 13.2 Å². The second kappa shape index (κ2) is 9.68. The molecule has 0 aliphatic heterocycles. The second-order valence-electron chi connectivity index (χ2n) is 4.41. The molecule has 0 aromatic carbocycles. The summed E-state index contributed by atoms with van der Waals surface area (Å²) in [7, 11) is 0. The molecule has 0 saturated carbocycles. The van der Waals surface area contributed by atoms with Crippen LogP contribution < -0.4 is 0 Å². The van der Waals surface area contributed by atoms with Crippen LogP contribution in [0.15, 0.2) is 11.6 Å². The molecule has 0 aromatic rings. The summed E-state index contributed by atoms with van der Waals surface area (Å²) in [5.74, 6) is -1.38. The van der Waals surface area contributed by atoms with Crippen LogP contribution in [0, 0.1) is 5.92 Å². The van der Waals surface area contributed by atoms with Gasteiger partial charge in [0, 0.05) is 0 Å². The Morgan fingerprint density at radius 1 is 1.17 bits per heavy atom. The Labute approximate surface area is 109 Å². The maximum Gasteiger partial charge on any atom is 0.417 e. The molecule has 4 heteroatoms. The molecule has 0 bridgehead atoms. The largest absolute Gasteiger partial charge is 0.458 e. The van der Waals surface area contributed by atoms with Gasteiger partial charge in [0.1, 0.15) is 0 Å². The molecule has 0 rings (SSSR count). The Bertz CT molecular complexity index is 294. The van der Waals surface area contributed by atoms with Gasteiger partial charge in [0.25, 0.3) is 0 Å². The molecule has 0 radical (unpaired) electrons. The molecule has 0 aliphatic rings. The lowest BCUT2D eigenvalue weighted by Gasteiger charge is -2.11. The monoisotopic (exact) mass is 256 g/mol. The van der Waals surface area contributed by atoms with Gasteiger partial charge in [-0.1, -0.05) is 25.5 Å². The van der Waals surface area contributed by atoms with Crippen molar-refractivity contribution >= 4 is 11.9 Å². The van der Waals surface area contributed by atoms with Crippen molar-refractivity contribution in [3.05, 3.63) is 11.6 Å². The van der Waals surface area contributed by atoms with Crippen LogP contribution in [0.2, 0.25) is 0 Å². The van der Waals surface area contributed by atoms with E-state index in [9.17, 15) is 9.59 Å². The summed E-state index contributed by atoms with van der Waals surface area (Å²) < 4.78 is 9.37. The molecular formula is C14H24O4. The van der Waals surface area contributed by atoms with Gasteiger partial charge in [0.15, 0.2) is 0 Å². The third-order valence-corrected chi connectivity index (χ3v) is 2.51. The van der Waals surface area contributed by atoms with Crippen molar-refractivity contribution in [3.8, 4) is 0 Å². The summed E-state index contributed by atoms with van der Waals surface area (Å²) in [6.45, 7) is 8.41. The van der Waals surface area contributed by atoms with Crippen LogP contribution in [0.1, 0.15) is 47.0 Å². The van der Waals surface area contributed by atoms with E-state index >= 15 is 0 Å². The molecule has 18 heavy (non-hydrogen) atoms. The van der Waals surface area contributed by atoms with Gasteiger partial charge in [-0.15, -0.1) is 0 Å². The molecular weight excluding hydrogens is 232 g/mol. The van der Waals surface area contributed by atoms with Crippen LogP contribution >= 0.6 is 0 Å². The van der Waals surface area contributed by atoms with Crippen molar-refractivity contribution in [1.82, 2.24) is 0 Å². The smallest absolute Gasteiger partial charge is 0.417 e. The minimum Gasteiger partial charge on any atom is -0.458 e. The molecule has 0 heterocycles. The van der Waals surface area contributed by atoms with Gasteiger partial charge in [0.05, 0.1) is 13.2 Å². The van der Waals surface area contributed by atoms with Gasteiger partial charge >= 0.3 is 11.9 Å². The summed E-state index contributed by atoms with van der Waals surface area (Å²) in [6, 6.07) is 0. The van der Waals surface area contributed by atoms with E-state index in [1.54, 1.807) is 6.92 Å². The highest BCUT2D eigenvalue weighted by Gasteiger charge is 2.16. The average Bonchev–Trinajstić information content (AvgIpc) is 2.29. The van der Waals surface area contributed by atoms with Crippen molar-refractivity contribution in [3.63, 3.8) is 0 Å². The van der Waals surface area contributed by atoms with Gasteiger partial charge < -0.3 is 9.47 Å². The lowest BCUT2D eigenvalue weighted by Crippen LogP contribution is -2.21. The molecule has 0 spiro atoms. The highest BCUT2D eigenvalue weighted by Crippen LogP contribution is 2.14. The first-order valence-corrected chi connectivity index (χ1v) is 6.50. The number of hydrogen-bond acceptors (Lipinski definition) is 4. The fourth-order valence-electron chi connectivity index (χ4n) is 1.69. The predicted octanol–water partition coefficient (Wildman–Crippen LogP) is 2.87. The normalized spacial score (nSPS) is 13.0. The van der Waals surface area contributed by atoms with Crippen LogP contribution in [0.4, 0.5) is 0 Å². The second-order valence-corrected chi connectivity index (χ2v) is 4.41. The fraction of sp³-hybridized carbons (Fsp3) is 0.714. The number of hydrogen-bond donors (Lipinski definition) is 0. The third-order valence-electron chi connectivity index (χ3n) is 2.51. The first-order chi connectivity index (χ1) is 8.51. The molecule has 4 nitrogen and oxygen atoms in total. The summed E-state index contributed by atoms with van der Waals surface area (Å²) in [5.41, 5.74) is 1.35. The third kappa shape index (κ3) is 7.87. The van der Waals surface area contributed by atoms with Crippen LogP contribution in [0.5, 0.6) is 0 Å². The Hall–Kier alpha value is -1.32. The molecule has 0 fully saturated rings. The molecule has 0 aromatic heterocycles. The Balaban J connectivity index is 3.80. The number of rotatable bonds is 7. The van der Waals surface area contributed by atoms with Crippen LogP contribution in [0.3, 0.4) is 0 Å². The van der Waals surface area contributed by atoms with Crippen molar-refractivity contribution in [2.45, 2.75) is 47.0 Å². The Kier molecular flexibility index (Phi) is 8.97. The first kappa shape index (κ1) is 16.7. The summed E-state index contributed by atoms with van der Waals surface area (Å²) in [6.07, 6.45) is 4.97. The van der Waals surface area contributed by atoms with Gasteiger partial charge in [0.2, 0.25) is 0 Å². The molecule has 1 unspecified atom stereocenters. The summed E-state index contributed by atoms with van der Waals surface area (Å²) >= 11 is 0. The highest BCUT2D eigenvalue weighted by molar-refractivity contribution is 6.29. The van der Waals surface area contributed by atoms with E-state index in [1.165, 1.54) is 5.57 Å². The number of esters is 2. The standard InChI is InChI=1S/C14H24O4/c1-5-7-11(3)10-12(4)8-9-18-14(16)13(15)17-6-2/h7,12H,5-6,8-10H2,1-4H3. The van der Waals surface area contributed by atoms with Gasteiger partial charge in [-0.3, -0.25) is 0 Å². The summed E-state index contributed by atoms with van der Waals surface area (Å²) in [5, 5.41) is 0. The van der Waals surface area contributed by atoms with Crippen molar-refractivity contribution in [1.29, 1.82) is 0 Å². The number of carbonyl (C=O) groups excluding carboxylic acids is 2. The van der Waals surface area contributed by atoms with Crippen LogP contribution in [-0.2, 0) is 19.1 Å². The van der Waals surface area contributed by atoms with E-state index in [-0.39, 0.29) is 13.2 Å². The maximum absolute atomic E-state index is 11.1. The van der Waals surface area contributed by atoms with E-state index in [0.717, 1.165) is 19.3 Å². The van der Waals surface area contributed by atoms with Crippen LogP contribution in [-0.4, -0.2) is 25.2 Å². The van der Waals surface area contributed by atoms with E-state index in [2.05, 4.69) is 31.6 Å². The molecule has 1 atom stereocenters. The molecule has 0 amide bonds. The zero-order valence-corrected chi connectivity index (χ0v) is 11.8. The van der Waals surface area contributed by atoms with Gasteiger partial charge in [-0.2, -0.15) is 0 Å². The lowest BCUT2D eigenvalue weighted by molar-refractivity contribution is -0.167. The zero-order chi connectivity index (χ0) is 14.0. The van der Waals surface area contributed by atoms with E-state index in [0.29, 0.717) is 5.92 Å². The average molecular weight is 256 g/mol. The van der Waals surface area contributed by atoms with Gasteiger partial charge in [-0.05, 0) is 39.0 Å². The Morgan fingerprint density at radius 3 is 2.33 bits per heavy atom. The topological polar surface area (TPSA) is 52.6 Å². The molecule has 104 valence electrons. The number of carbonyl (C=O) groups is 2.